The molecule has 0 aliphatic carbocycles. The minimum atomic E-state index is -1.64. The molecule has 1 saturated heterocycles. The van der Waals surface area contributed by atoms with Crippen LogP contribution in [0.4, 0.5) is 0 Å². The summed E-state index contributed by atoms with van der Waals surface area (Å²) in [5, 5.41) is 10.6. The predicted molar refractivity (Wildman–Crippen MR) is 94.4 cm³/mol. The first kappa shape index (κ1) is 19.3. The molecular weight excluding hydrogens is 326 g/mol. The quantitative estimate of drug-likeness (QED) is 0.315. The van der Waals surface area contributed by atoms with Gasteiger partial charge in [-0.05, 0) is 18.1 Å². The van der Waals surface area contributed by atoms with Gasteiger partial charge >= 0.3 is 0 Å². The number of aromatic nitrogens is 1. The second-order valence-electron chi connectivity index (χ2n) is 7.08. The van der Waals surface area contributed by atoms with Crippen molar-refractivity contribution in [3.63, 3.8) is 0 Å². The first-order valence-electron chi connectivity index (χ1n) is 8.28. The highest BCUT2D eigenvalue weighted by Gasteiger charge is 2.57. The molecule has 1 aliphatic rings. The minimum Gasteiger partial charge on any atom is -0.481 e. The van der Waals surface area contributed by atoms with Gasteiger partial charge in [-0.15, -0.1) is 0 Å². The second kappa shape index (κ2) is 7.49. The monoisotopic (exact) mass is 355 g/mol. The Bertz CT molecular complexity index is 575. The number of aliphatic hydroxyl groups is 1. The molecule has 136 valence electrons. The van der Waals surface area contributed by atoms with Gasteiger partial charge in [0.15, 0.2) is 0 Å². The molecule has 0 unspecified atom stereocenters. The van der Waals surface area contributed by atoms with E-state index in [0.29, 0.717) is 12.5 Å². The highest BCUT2D eigenvalue weighted by molar-refractivity contribution is 6.88. The molecule has 24 heavy (non-hydrogen) atoms. The molecule has 1 fully saturated rings. The van der Waals surface area contributed by atoms with Gasteiger partial charge in [-0.25, -0.2) is 4.98 Å². The third-order valence-corrected chi connectivity index (χ3v) is 6.25. The van der Waals surface area contributed by atoms with E-state index in [1.165, 1.54) is 0 Å². The number of pyridine rings is 1. The SMILES string of the molecule is CC[C@]1(c2cc([Si](C)(C)C)nc(OC)c2COCOC)O[C@H]1CO. The zero-order valence-electron chi connectivity index (χ0n) is 15.5. The Morgan fingerprint density at radius 3 is 2.50 bits per heavy atom. The first-order valence-corrected chi connectivity index (χ1v) is 11.8. The fourth-order valence-corrected chi connectivity index (χ4v) is 4.00. The molecule has 2 heterocycles. The van der Waals surface area contributed by atoms with Crippen LogP contribution in [0.5, 0.6) is 5.88 Å². The van der Waals surface area contributed by atoms with Crippen molar-refractivity contribution in [1.82, 2.24) is 4.98 Å². The number of hydrogen-bond acceptors (Lipinski definition) is 6. The lowest BCUT2D eigenvalue weighted by Crippen LogP contribution is -2.41. The predicted octanol–water partition coefficient (Wildman–Crippen LogP) is 1.75. The molecule has 0 spiro atoms. The van der Waals surface area contributed by atoms with Gasteiger partial charge in [-0.1, -0.05) is 26.6 Å². The molecular formula is C17H29NO5Si. The van der Waals surface area contributed by atoms with Crippen molar-refractivity contribution in [2.45, 2.75) is 51.3 Å². The van der Waals surface area contributed by atoms with Gasteiger partial charge in [0.05, 0.1) is 20.3 Å². The van der Waals surface area contributed by atoms with E-state index < -0.39 is 13.7 Å². The number of nitrogens with zero attached hydrogens (tertiary/aromatic N) is 1. The Morgan fingerprint density at radius 1 is 1.33 bits per heavy atom. The van der Waals surface area contributed by atoms with E-state index in [1.54, 1.807) is 14.2 Å². The van der Waals surface area contributed by atoms with Gasteiger partial charge in [0.25, 0.3) is 0 Å². The van der Waals surface area contributed by atoms with E-state index in [2.05, 4.69) is 32.6 Å². The third-order valence-electron chi connectivity index (χ3n) is 4.46. The molecule has 1 aromatic rings. The van der Waals surface area contributed by atoms with Crippen molar-refractivity contribution in [1.29, 1.82) is 0 Å². The van der Waals surface area contributed by atoms with Crippen molar-refractivity contribution in [3.8, 4) is 5.88 Å². The summed E-state index contributed by atoms with van der Waals surface area (Å²) in [4.78, 5) is 4.73. The largest absolute Gasteiger partial charge is 0.481 e. The Balaban J connectivity index is 2.54. The topological polar surface area (TPSA) is 73.3 Å². The Kier molecular flexibility index (Phi) is 6.03. The van der Waals surface area contributed by atoms with Crippen LogP contribution in [0.2, 0.25) is 19.6 Å². The van der Waals surface area contributed by atoms with Gasteiger partial charge in [0.2, 0.25) is 5.88 Å². The van der Waals surface area contributed by atoms with Gasteiger partial charge in [0.1, 0.15) is 26.6 Å². The highest BCUT2D eigenvalue weighted by Crippen LogP contribution is 2.50. The standard InChI is InChI=1S/C17H29NO5Si/c1-7-17(14(9-19)23-17)13-8-15(24(4,5)6)18-16(21-3)12(13)10-22-11-20-2/h8,14,19H,7,9-11H2,1-6H3/t14-,17+/m0/s1. The van der Waals surface area contributed by atoms with Gasteiger partial charge in [0, 0.05) is 18.0 Å². The maximum atomic E-state index is 9.58. The molecule has 0 amide bonds. The van der Waals surface area contributed by atoms with Crippen molar-refractivity contribution in [2.24, 2.45) is 0 Å². The smallest absolute Gasteiger partial charge is 0.218 e. The number of methoxy groups -OCH3 is 2. The van der Waals surface area contributed by atoms with Gasteiger partial charge in [-0.3, -0.25) is 0 Å². The third kappa shape index (κ3) is 3.65. The maximum Gasteiger partial charge on any atom is 0.218 e. The van der Waals surface area contributed by atoms with Crippen LogP contribution in [-0.4, -0.2) is 51.9 Å². The molecule has 1 aliphatic heterocycles. The van der Waals surface area contributed by atoms with E-state index >= 15 is 0 Å². The normalized spacial score (nSPS) is 23.4. The summed E-state index contributed by atoms with van der Waals surface area (Å²) in [7, 11) is 1.56. The van der Waals surface area contributed by atoms with Crippen LogP contribution in [0, 0.1) is 0 Å². The Labute approximate surface area is 145 Å². The molecule has 0 aromatic carbocycles. The maximum absolute atomic E-state index is 9.58. The lowest BCUT2D eigenvalue weighted by Gasteiger charge is -2.23. The molecule has 0 bridgehead atoms. The van der Waals surface area contributed by atoms with Crippen molar-refractivity contribution >= 4 is 13.4 Å². The van der Waals surface area contributed by atoms with Crippen LogP contribution >= 0.6 is 0 Å². The van der Waals surface area contributed by atoms with E-state index in [1.807, 2.05) is 0 Å². The Morgan fingerprint density at radius 2 is 2.04 bits per heavy atom. The molecule has 0 saturated carbocycles. The van der Waals surface area contributed by atoms with Crippen LogP contribution in [0.3, 0.4) is 0 Å². The van der Waals surface area contributed by atoms with E-state index in [9.17, 15) is 5.11 Å². The zero-order chi connectivity index (χ0) is 18.0. The molecule has 7 heteroatoms. The molecule has 2 atom stereocenters. The Hall–Kier alpha value is -0.993. The lowest BCUT2D eigenvalue weighted by molar-refractivity contribution is -0.0400. The zero-order valence-corrected chi connectivity index (χ0v) is 16.5. The molecule has 2 rings (SSSR count). The summed E-state index contributed by atoms with van der Waals surface area (Å²) in [6, 6.07) is 2.12. The van der Waals surface area contributed by atoms with Crippen molar-refractivity contribution in [3.05, 3.63) is 17.2 Å². The number of ether oxygens (including phenoxy) is 4. The van der Waals surface area contributed by atoms with E-state index in [0.717, 1.165) is 22.9 Å². The average molecular weight is 356 g/mol. The van der Waals surface area contributed by atoms with Crippen LogP contribution < -0.4 is 10.1 Å². The number of hydrogen-bond donors (Lipinski definition) is 1. The fraction of sp³-hybridized carbons (Fsp3) is 0.706. The van der Waals surface area contributed by atoms with Crippen LogP contribution in [0.25, 0.3) is 0 Å². The minimum absolute atomic E-state index is 0.000867. The summed E-state index contributed by atoms with van der Waals surface area (Å²) in [6.45, 7) is 9.33. The van der Waals surface area contributed by atoms with E-state index in [-0.39, 0.29) is 19.5 Å². The van der Waals surface area contributed by atoms with Crippen molar-refractivity contribution in [2.75, 3.05) is 27.6 Å². The summed E-state index contributed by atoms with van der Waals surface area (Å²) < 4.78 is 22.0. The molecule has 6 nitrogen and oxygen atoms in total. The number of aliphatic hydroxyl groups excluding tert-OH is 1. The van der Waals surface area contributed by atoms with E-state index in [4.69, 9.17) is 23.9 Å². The van der Waals surface area contributed by atoms with Crippen LogP contribution in [0.1, 0.15) is 24.5 Å². The number of rotatable bonds is 9. The van der Waals surface area contributed by atoms with Crippen molar-refractivity contribution < 1.29 is 24.1 Å². The fourth-order valence-electron chi connectivity index (χ4n) is 2.99. The number of epoxide rings is 1. The summed E-state index contributed by atoms with van der Waals surface area (Å²) in [5.41, 5.74) is 1.41. The first-order chi connectivity index (χ1) is 11.3. The van der Waals surface area contributed by atoms with Gasteiger partial charge < -0.3 is 24.1 Å². The average Bonchev–Trinajstić information content (AvgIpc) is 3.28. The molecule has 1 aromatic heterocycles. The summed E-state index contributed by atoms with van der Waals surface area (Å²) in [5.74, 6) is 0.570. The lowest BCUT2D eigenvalue weighted by atomic mass is 9.90. The van der Waals surface area contributed by atoms with Gasteiger partial charge in [-0.2, -0.15) is 0 Å². The highest BCUT2D eigenvalue weighted by atomic mass is 28.3. The molecule has 0 radical (unpaired) electrons. The summed E-state index contributed by atoms with van der Waals surface area (Å²) in [6.07, 6.45) is 0.582. The van der Waals surface area contributed by atoms with Crippen LogP contribution in [0.15, 0.2) is 6.07 Å². The molecule has 1 N–H and O–H groups in total. The summed E-state index contributed by atoms with van der Waals surface area (Å²) >= 11 is 0. The van der Waals surface area contributed by atoms with Crippen LogP contribution in [-0.2, 0) is 26.4 Å². The second-order valence-corrected chi connectivity index (χ2v) is 12.1.